The first-order valence-corrected chi connectivity index (χ1v) is 11.4. The highest BCUT2D eigenvalue weighted by Crippen LogP contribution is 2.39. The summed E-state index contributed by atoms with van der Waals surface area (Å²) in [6.45, 7) is 4.34. The van der Waals surface area contributed by atoms with Crippen molar-refractivity contribution in [3.8, 4) is 5.75 Å². The molecule has 0 saturated carbocycles. The van der Waals surface area contributed by atoms with E-state index in [9.17, 15) is 0 Å². The monoisotopic (exact) mass is 454 g/mol. The molecule has 0 spiro atoms. The van der Waals surface area contributed by atoms with E-state index in [0.29, 0.717) is 0 Å². The van der Waals surface area contributed by atoms with Crippen molar-refractivity contribution in [1.29, 1.82) is 0 Å². The van der Waals surface area contributed by atoms with Gasteiger partial charge in [-0.05, 0) is 54.4 Å². The van der Waals surface area contributed by atoms with Crippen LogP contribution in [0.2, 0.25) is 5.02 Å². The van der Waals surface area contributed by atoms with Crippen molar-refractivity contribution >= 4 is 29.1 Å². The number of nitrogens with zero attached hydrogens (tertiary/aromatic N) is 4. The van der Waals surface area contributed by atoms with Gasteiger partial charge in [0.15, 0.2) is 5.82 Å². The number of rotatable bonds is 4. The molecule has 160 valence electrons. The molecule has 31 heavy (non-hydrogen) atoms. The van der Waals surface area contributed by atoms with Crippen LogP contribution < -0.4 is 15.6 Å². The van der Waals surface area contributed by atoms with Gasteiger partial charge in [-0.3, -0.25) is 0 Å². The first-order valence-electron chi connectivity index (χ1n) is 10.2. The number of hydrazine groups is 1. The number of aromatic nitrogens is 3. The number of ether oxygens (including phenoxy) is 1. The standard InChI is InChI=1S/C22H23ClN6OS/c1-12-18(14-4-8-16(23)9-5-14)24-25-19(12)21-26-27-22-29(21)28-20(13(2)31-22)15-6-10-17(30-3)11-7-15/h4-13,18-19,24-25H,1-3H3. The van der Waals surface area contributed by atoms with E-state index in [2.05, 4.69) is 47.0 Å². The smallest absolute Gasteiger partial charge is 0.212 e. The Morgan fingerprint density at radius 2 is 1.68 bits per heavy atom. The Bertz CT molecular complexity index is 1110. The highest BCUT2D eigenvalue weighted by Gasteiger charge is 2.39. The normalized spacial score (nSPS) is 25.2. The van der Waals surface area contributed by atoms with Crippen LogP contribution in [0.5, 0.6) is 5.75 Å². The third-order valence-corrected chi connectivity index (χ3v) is 7.14. The van der Waals surface area contributed by atoms with Crippen molar-refractivity contribution in [3.05, 3.63) is 70.5 Å². The summed E-state index contributed by atoms with van der Waals surface area (Å²) in [6, 6.07) is 16.0. The van der Waals surface area contributed by atoms with E-state index in [0.717, 1.165) is 33.0 Å². The minimum absolute atomic E-state index is 0.0307. The lowest BCUT2D eigenvalue weighted by molar-refractivity contribution is 0.415. The van der Waals surface area contributed by atoms with Gasteiger partial charge in [0.05, 0.1) is 30.2 Å². The molecule has 0 bridgehead atoms. The molecule has 0 amide bonds. The third-order valence-electron chi connectivity index (χ3n) is 5.85. The van der Waals surface area contributed by atoms with Crippen LogP contribution in [0.25, 0.3) is 0 Å². The molecule has 2 aromatic carbocycles. The zero-order valence-electron chi connectivity index (χ0n) is 17.4. The van der Waals surface area contributed by atoms with Crippen LogP contribution in [0.4, 0.5) is 0 Å². The molecular formula is C22H23ClN6OS. The van der Waals surface area contributed by atoms with Crippen LogP contribution in [0.1, 0.15) is 42.9 Å². The number of nitrogens with one attached hydrogen (secondary N) is 2. The van der Waals surface area contributed by atoms with E-state index in [-0.39, 0.29) is 23.3 Å². The van der Waals surface area contributed by atoms with Crippen molar-refractivity contribution in [2.24, 2.45) is 11.0 Å². The Labute approximate surface area is 190 Å². The van der Waals surface area contributed by atoms with Crippen LogP contribution in [-0.2, 0) is 0 Å². The molecule has 1 aromatic heterocycles. The second-order valence-electron chi connectivity index (χ2n) is 7.78. The quantitative estimate of drug-likeness (QED) is 0.615. The largest absolute Gasteiger partial charge is 0.497 e. The first kappa shape index (κ1) is 20.5. The highest BCUT2D eigenvalue weighted by molar-refractivity contribution is 8.00. The molecule has 1 saturated heterocycles. The maximum Gasteiger partial charge on any atom is 0.212 e. The number of fused-ring (bicyclic) bond motifs is 1. The second-order valence-corrected chi connectivity index (χ2v) is 9.53. The second kappa shape index (κ2) is 8.27. The fourth-order valence-corrected chi connectivity index (χ4v) is 5.15. The summed E-state index contributed by atoms with van der Waals surface area (Å²) >= 11 is 7.72. The molecule has 2 aliphatic rings. The summed E-state index contributed by atoms with van der Waals surface area (Å²) < 4.78 is 7.17. The van der Waals surface area contributed by atoms with Crippen LogP contribution in [0.15, 0.2) is 58.8 Å². The Morgan fingerprint density at radius 3 is 2.39 bits per heavy atom. The third kappa shape index (κ3) is 3.74. The van der Waals surface area contributed by atoms with E-state index in [4.69, 9.17) is 21.4 Å². The summed E-state index contributed by atoms with van der Waals surface area (Å²) in [6.07, 6.45) is 0. The van der Waals surface area contributed by atoms with Crippen LogP contribution in [0, 0.1) is 5.92 Å². The molecule has 7 nitrogen and oxygen atoms in total. The predicted octanol–water partition coefficient (Wildman–Crippen LogP) is 4.21. The van der Waals surface area contributed by atoms with E-state index in [1.807, 2.05) is 41.1 Å². The molecular weight excluding hydrogens is 432 g/mol. The van der Waals surface area contributed by atoms with Crippen molar-refractivity contribution in [1.82, 2.24) is 25.7 Å². The SMILES string of the molecule is COc1ccc(C2=Nn3c(nnc3C3NNC(c4ccc(Cl)cc4)C3C)SC2C)cc1. The van der Waals surface area contributed by atoms with Crippen molar-refractivity contribution in [3.63, 3.8) is 0 Å². The van der Waals surface area contributed by atoms with Crippen molar-refractivity contribution in [2.45, 2.75) is 36.3 Å². The zero-order valence-corrected chi connectivity index (χ0v) is 19.0. The molecule has 0 aliphatic carbocycles. The molecule has 5 rings (SSSR count). The number of hydrogen-bond acceptors (Lipinski definition) is 7. The fourth-order valence-electron chi connectivity index (χ4n) is 4.09. The fraction of sp³-hybridized carbons (Fsp3) is 0.318. The summed E-state index contributed by atoms with van der Waals surface area (Å²) in [5.74, 6) is 1.87. The molecule has 9 heteroatoms. The van der Waals surface area contributed by atoms with Crippen LogP contribution >= 0.6 is 23.4 Å². The molecule has 4 atom stereocenters. The Balaban J connectivity index is 1.46. The number of halogens is 1. The van der Waals surface area contributed by atoms with Crippen LogP contribution in [0.3, 0.4) is 0 Å². The lowest BCUT2D eigenvalue weighted by Gasteiger charge is -2.22. The molecule has 1 fully saturated rings. The predicted molar refractivity (Wildman–Crippen MR) is 123 cm³/mol. The molecule has 3 aromatic rings. The van der Waals surface area contributed by atoms with Gasteiger partial charge in [-0.15, -0.1) is 10.2 Å². The summed E-state index contributed by atoms with van der Waals surface area (Å²) in [5.41, 5.74) is 10.0. The van der Waals surface area contributed by atoms with E-state index in [1.165, 1.54) is 5.56 Å². The van der Waals surface area contributed by atoms with Gasteiger partial charge in [0.1, 0.15) is 5.75 Å². The van der Waals surface area contributed by atoms with Gasteiger partial charge in [0.2, 0.25) is 5.16 Å². The van der Waals surface area contributed by atoms with E-state index >= 15 is 0 Å². The first-order chi connectivity index (χ1) is 15.0. The Kier molecular flexibility index (Phi) is 5.47. The summed E-state index contributed by atoms with van der Waals surface area (Å²) in [4.78, 5) is 0. The summed E-state index contributed by atoms with van der Waals surface area (Å²) in [7, 11) is 1.67. The highest BCUT2D eigenvalue weighted by atomic mass is 35.5. The molecule has 0 radical (unpaired) electrons. The van der Waals surface area contributed by atoms with Crippen LogP contribution in [-0.4, -0.2) is 32.9 Å². The molecule has 3 heterocycles. The number of benzene rings is 2. The van der Waals surface area contributed by atoms with Gasteiger partial charge in [-0.1, -0.05) is 42.4 Å². The van der Waals surface area contributed by atoms with E-state index < -0.39 is 0 Å². The minimum atomic E-state index is -0.0307. The molecule has 4 unspecified atom stereocenters. The lowest BCUT2D eigenvalue weighted by atomic mass is 9.91. The van der Waals surface area contributed by atoms with Gasteiger partial charge in [0.25, 0.3) is 0 Å². The molecule has 2 aliphatic heterocycles. The maximum absolute atomic E-state index is 6.06. The maximum atomic E-state index is 6.06. The number of methoxy groups -OCH3 is 1. The average Bonchev–Trinajstić information content (AvgIpc) is 3.36. The van der Waals surface area contributed by atoms with Gasteiger partial charge < -0.3 is 4.74 Å². The minimum Gasteiger partial charge on any atom is -0.497 e. The summed E-state index contributed by atoms with van der Waals surface area (Å²) in [5, 5.41) is 15.6. The Hall–Kier alpha value is -2.39. The van der Waals surface area contributed by atoms with Gasteiger partial charge in [-0.25, -0.2) is 10.9 Å². The van der Waals surface area contributed by atoms with Gasteiger partial charge in [0, 0.05) is 10.9 Å². The average molecular weight is 455 g/mol. The molecule has 2 N–H and O–H groups in total. The van der Waals surface area contributed by atoms with Crippen molar-refractivity contribution in [2.75, 3.05) is 7.11 Å². The topological polar surface area (TPSA) is 76.4 Å². The van der Waals surface area contributed by atoms with Gasteiger partial charge in [-0.2, -0.15) is 9.78 Å². The number of thioether (sulfide) groups is 1. The zero-order chi connectivity index (χ0) is 21.5. The Morgan fingerprint density at radius 1 is 0.968 bits per heavy atom. The van der Waals surface area contributed by atoms with E-state index in [1.54, 1.807) is 18.9 Å². The van der Waals surface area contributed by atoms with Gasteiger partial charge >= 0.3 is 0 Å². The van der Waals surface area contributed by atoms with Crippen molar-refractivity contribution < 1.29 is 4.74 Å². The lowest BCUT2D eigenvalue weighted by Crippen LogP contribution is -2.29. The number of hydrogen-bond donors (Lipinski definition) is 2.